The fourth-order valence-corrected chi connectivity index (χ4v) is 2.16. The van der Waals surface area contributed by atoms with Crippen LogP contribution in [-0.2, 0) is 9.59 Å². The van der Waals surface area contributed by atoms with Crippen molar-refractivity contribution in [3.63, 3.8) is 0 Å². The average Bonchev–Trinajstić information content (AvgIpc) is 2.91. The van der Waals surface area contributed by atoms with E-state index in [1.54, 1.807) is 6.20 Å². The quantitative estimate of drug-likeness (QED) is 0.878. The molecule has 0 spiro atoms. The van der Waals surface area contributed by atoms with Gasteiger partial charge < -0.3 is 15.2 Å². The van der Waals surface area contributed by atoms with Gasteiger partial charge in [-0.05, 0) is 31.5 Å². The number of aryl methyl sites for hydroxylation is 1. The Labute approximate surface area is 129 Å². The van der Waals surface area contributed by atoms with Crippen molar-refractivity contribution in [3.8, 4) is 5.69 Å². The number of hydrogen-bond acceptors (Lipinski definition) is 3. The third-order valence-electron chi connectivity index (χ3n) is 3.37. The van der Waals surface area contributed by atoms with Crippen molar-refractivity contribution in [2.24, 2.45) is 0 Å². The van der Waals surface area contributed by atoms with Crippen LogP contribution in [0.2, 0.25) is 0 Å². The lowest BCUT2D eigenvalue weighted by atomic mass is 10.1. The molecule has 0 saturated heterocycles. The highest BCUT2D eigenvalue weighted by Crippen LogP contribution is 2.16. The minimum absolute atomic E-state index is 0.00795. The Balaban J connectivity index is 1.99. The van der Waals surface area contributed by atoms with Crippen molar-refractivity contribution in [3.05, 3.63) is 48.0 Å². The summed E-state index contributed by atoms with van der Waals surface area (Å²) in [5, 5.41) is 5.32. The molecule has 1 aromatic heterocycles. The normalized spacial score (nSPS) is 11.8. The molecule has 0 saturated carbocycles. The van der Waals surface area contributed by atoms with E-state index in [1.807, 2.05) is 48.9 Å². The molecule has 2 amide bonds. The van der Waals surface area contributed by atoms with Crippen LogP contribution in [0.25, 0.3) is 5.69 Å². The highest BCUT2D eigenvalue weighted by molar-refractivity contribution is 5.83. The molecule has 0 fully saturated rings. The number of carbonyl (C=O) groups is 2. The maximum Gasteiger partial charge on any atom is 0.239 e. The van der Waals surface area contributed by atoms with Crippen molar-refractivity contribution < 1.29 is 9.59 Å². The third kappa shape index (κ3) is 3.94. The van der Waals surface area contributed by atoms with Gasteiger partial charge in [0.15, 0.2) is 0 Å². The van der Waals surface area contributed by atoms with Crippen LogP contribution in [-0.4, -0.2) is 27.9 Å². The van der Waals surface area contributed by atoms with Crippen molar-refractivity contribution in [1.82, 2.24) is 20.2 Å². The molecule has 116 valence electrons. The van der Waals surface area contributed by atoms with Gasteiger partial charge in [-0.3, -0.25) is 9.59 Å². The summed E-state index contributed by atoms with van der Waals surface area (Å²) < 4.78 is 1.99. The van der Waals surface area contributed by atoms with Crippen molar-refractivity contribution in [2.75, 3.05) is 6.54 Å². The standard InChI is InChI=1S/C16H20N4O2/c1-11(19-16(22)10-18-13(3)21)14-4-6-15(7-5-14)20-9-8-17-12(20)2/h4-9,11H,10H2,1-3H3,(H,18,21)(H,19,22)/t11-/m1/s1. The molecule has 2 N–H and O–H groups in total. The van der Waals surface area contributed by atoms with Crippen molar-refractivity contribution in [1.29, 1.82) is 0 Å². The summed E-state index contributed by atoms with van der Waals surface area (Å²) in [5.41, 5.74) is 2.02. The number of aromatic nitrogens is 2. The number of imidazole rings is 1. The maximum atomic E-state index is 11.7. The van der Waals surface area contributed by atoms with Crippen LogP contribution in [0, 0.1) is 6.92 Å². The van der Waals surface area contributed by atoms with Gasteiger partial charge in [0.05, 0.1) is 12.6 Å². The minimum atomic E-state index is -0.220. The lowest BCUT2D eigenvalue weighted by Gasteiger charge is -2.15. The molecule has 6 nitrogen and oxygen atoms in total. The van der Waals surface area contributed by atoms with E-state index in [1.165, 1.54) is 6.92 Å². The Hall–Kier alpha value is -2.63. The van der Waals surface area contributed by atoms with Crippen LogP contribution in [0.1, 0.15) is 31.3 Å². The number of nitrogens with one attached hydrogen (secondary N) is 2. The molecule has 22 heavy (non-hydrogen) atoms. The van der Waals surface area contributed by atoms with Crippen molar-refractivity contribution in [2.45, 2.75) is 26.8 Å². The SMILES string of the molecule is CC(=O)NCC(=O)N[C@H](C)c1ccc(-n2ccnc2C)cc1. The molecule has 1 heterocycles. The zero-order chi connectivity index (χ0) is 16.1. The van der Waals surface area contributed by atoms with E-state index in [2.05, 4.69) is 15.6 Å². The van der Waals surface area contributed by atoms with Gasteiger partial charge >= 0.3 is 0 Å². The first kappa shape index (κ1) is 15.8. The first-order chi connectivity index (χ1) is 10.5. The molecule has 1 aromatic carbocycles. The predicted octanol–water partition coefficient (Wildman–Crippen LogP) is 1.49. The van der Waals surface area contributed by atoms with E-state index in [-0.39, 0.29) is 24.4 Å². The first-order valence-electron chi connectivity index (χ1n) is 7.11. The molecule has 0 bridgehead atoms. The summed E-state index contributed by atoms with van der Waals surface area (Å²) in [6.45, 7) is 5.22. The number of rotatable bonds is 5. The molecule has 0 radical (unpaired) electrons. The molecule has 0 unspecified atom stereocenters. The van der Waals surface area contributed by atoms with Gasteiger partial charge in [-0.2, -0.15) is 0 Å². The molecule has 0 aliphatic carbocycles. The third-order valence-corrected chi connectivity index (χ3v) is 3.37. The zero-order valence-electron chi connectivity index (χ0n) is 13.0. The van der Waals surface area contributed by atoms with Gasteiger partial charge in [0.25, 0.3) is 0 Å². The Morgan fingerprint density at radius 3 is 2.50 bits per heavy atom. The Kier molecular flexibility index (Phi) is 4.93. The minimum Gasteiger partial charge on any atom is -0.348 e. The summed E-state index contributed by atoms with van der Waals surface area (Å²) in [6.07, 6.45) is 3.66. The summed E-state index contributed by atoms with van der Waals surface area (Å²) in [7, 11) is 0. The fourth-order valence-electron chi connectivity index (χ4n) is 2.16. The average molecular weight is 300 g/mol. The van der Waals surface area contributed by atoms with Crippen molar-refractivity contribution >= 4 is 11.8 Å². The van der Waals surface area contributed by atoms with Crippen LogP contribution < -0.4 is 10.6 Å². The topological polar surface area (TPSA) is 76.0 Å². The van der Waals surface area contributed by atoms with Gasteiger partial charge in [-0.1, -0.05) is 12.1 Å². The number of nitrogens with zero attached hydrogens (tertiary/aromatic N) is 2. The number of hydrogen-bond donors (Lipinski definition) is 2. The van der Waals surface area contributed by atoms with Gasteiger partial charge in [-0.15, -0.1) is 0 Å². The zero-order valence-corrected chi connectivity index (χ0v) is 13.0. The van der Waals surface area contributed by atoms with Gasteiger partial charge in [-0.25, -0.2) is 4.98 Å². The smallest absolute Gasteiger partial charge is 0.239 e. The van der Waals surface area contributed by atoms with Gasteiger partial charge in [0.2, 0.25) is 11.8 Å². The molecule has 1 atom stereocenters. The molecule has 2 aromatic rings. The molecule has 6 heteroatoms. The van der Waals surface area contributed by atoms with E-state index in [0.29, 0.717) is 0 Å². The Morgan fingerprint density at radius 1 is 1.27 bits per heavy atom. The fraction of sp³-hybridized carbons (Fsp3) is 0.312. The van der Waals surface area contributed by atoms with Crippen LogP contribution in [0.15, 0.2) is 36.7 Å². The second kappa shape index (κ2) is 6.89. The monoisotopic (exact) mass is 300 g/mol. The summed E-state index contributed by atoms with van der Waals surface area (Å²) in [6, 6.07) is 7.79. The first-order valence-corrected chi connectivity index (χ1v) is 7.11. The van der Waals surface area contributed by atoms with Crippen LogP contribution in [0.4, 0.5) is 0 Å². The summed E-state index contributed by atoms with van der Waals surface area (Å²) in [4.78, 5) is 26.7. The Morgan fingerprint density at radius 2 is 1.95 bits per heavy atom. The Bertz CT molecular complexity index is 661. The maximum absolute atomic E-state index is 11.7. The second-order valence-corrected chi connectivity index (χ2v) is 5.13. The van der Waals surface area contributed by atoms with E-state index in [4.69, 9.17) is 0 Å². The lowest BCUT2D eigenvalue weighted by molar-refractivity contribution is -0.125. The molecule has 0 aliphatic heterocycles. The van der Waals surface area contributed by atoms with E-state index in [0.717, 1.165) is 17.1 Å². The van der Waals surface area contributed by atoms with Crippen LogP contribution in [0.3, 0.4) is 0 Å². The largest absolute Gasteiger partial charge is 0.348 e. The second-order valence-electron chi connectivity index (χ2n) is 5.13. The molecule has 2 rings (SSSR count). The van der Waals surface area contributed by atoms with Crippen LogP contribution in [0.5, 0.6) is 0 Å². The number of amides is 2. The number of carbonyl (C=O) groups excluding carboxylic acids is 2. The number of benzene rings is 1. The highest BCUT2D eigenvalue weighted by atomic mass is 16.2. The molecular formula is C16H20N4O2. The molecule has 0 aliphatic rings. The molecular weight excluding hydrogens is 280 g/mol. The predicted molar refractivity (Wildman–Crippen MR) is 83.5 cm³/mol. The summed E-state index contributed by atoms with van der Waals surface area (Å²) in [5.74, 6) is 0.490. The van der Waals surface area contributed by atoms with Crippen LogP contribution >= 0.6 is 0 Å². The van der Waals surface area contributed by atoms with E-state index >= 15 is 0 Å². The van der Waals surface area contributed by atoms with E-state index in [9.17, 15) is 9.59 Å². The summed E-state index contributed by atoms with van der Waals surface area (Å²) >= 11 is 0. The highest BCUT2D eigenvalue weighted by Gasteiger charge is 2.10. The van der Waals surface area contributed by atoms with Gasteiger partial charge in [0, 0.05) is 25.0 Å². The van der Waals surface area contributed by atoms with Gasteiger partial charge in [0.1, 0.15) is 5.82 Å². The lowest BCUT2D eigenvalue weighted by Crippen LogP contribution is -2.37. The van der Waals surface area contributed by atoms with E-state index < -0.39 is 0 Å².